The maximum absolute atomic E-state index is 13.0. The fourth-order valence-corrected chi connectivity index (χ4v) is 2.27. The summed E-state index contributed by atoms with van der Waals surface area (Å²) < 4.78 is 75.6. The first-order chi connectivity index (χ1) is 10.3. The third kappa shape index (κ3) is 5.43. The Labute approximate surface area is 128 Å². The number of hydrogen-bond donors (Lipinski definition) is 1. The zero-order valence-electron chi connectivity index (χ0n) is 12.4. The van der Waals surface area contributed by atoms with E-state index in [4.69, 9.17) is 0 Å². The van der Waals surface area contributed by atoms with Crippen LogP contribution in [-0.2, 0) is 9.59 Å². The van der Waals surface area contributed by atoms with Crippen LogP contribution in [0.4, 0.5) is 26.3 Å². The van der Waals surface area contributed by atoms with E-state index < -0.39 is 49.2 Å². The van der Waals surface area contributed by atoms with Crippen molar-refractivity contribution in [3.8, 4) is 0 Å². The summed E-state index contributed by atoms with van der Waals surface area (Å²) in [5.74, 6) is -3.18. The van der Waals surface area contributed by atoms with E-state index in [0.717, 1.165) is 6.08 Å². The molecule has 23 heavy (non-hydrogen) atoms. The molecule has 1 heterocycles. The van der Waals surface area contributed by atoms with Gasteiger partial charge in [-0.1, -0.05) is 5.57 Å². The molecule has 0 aromatic carbocycles. The lowest BCUT2D eigenvalue weighted by molar-refractivity contribution is -0.196. The Hall–Kier alpha value is -1.74. The molecular weight excluding hydrogens is 330 g/mol. The Kier molecular flexibility index (Phi) is 5.70. The minimum atomic E-state index is -5.13. The van der Waals surface area contributed by atoms with Crippen LogP contribution in [0.25, 0.3) is 0 Å². The molecule has 2 atom stereocenters. The minimum Gasteiger partial charge on any atom is -0.344 e. The van der Waals surface area contributed by atoms with Gasteiger partial charge in [0.25, 0.3) is 0 Å². The molecule has 0 radical (unpaired) electrons. The van der Waals surface area contributed by atoms with E-state index in [-0.39, 0.29) is 6.42 Å². The van der Waals surface area contributed by atoms with Gasteiger partial charge < -0.3 is 10.2 Å². The average molecular weight is 346 g/mol. The first-order valence-corrected chi connectivity index (χ1v) is 6.72. The SMILES string of the molecule is CC(C)=CC(=O)N1C[C@@H](NC(=O)C(F)(F)F)CC[C@@H]1C(F)(F)F. The van der Waals surface area contributed by atoms with Crippen LogP contribution in [0, 0.1) is 0 Å². The van der Waals surface area contributed by atoms with Crippen molar-refractivity contribution in [2.75, 3.05) is 6.54 Å². The predicted molar refractivity (Wildman–Crippen MR) is 68.2 cm³/mol. The van der Waals surface area contributed by atoms with Crippen molar-refractivity contribution in [2.45, 2.75) is 51.1 Å². The summed E-state index contributed by atoms with van der Waals surface area (Å²) in [5, 5.41) is 1.62. The number of likely N-dealkylation sites (tertiary alicyclic amines) is 1. The van der Waals surface area contributed by atoms with Crippen LogP contribution >= 0.6 is 0 Å². The average Bonchev–Trinajstić information content (AvgIpc) is 2.35. The summed E-state index contributed by atoms with van der Waals surface area (Å²) in [7, 11) is 0. The van der Waals surface area contributed by atoms with E-state index in [1.54, 1.807) is 5.32 Å². The topological polar surface area (TPSA) is 49.4 Å². The van der Waals surface area contributed by atoms with E-state index in [1.807, 2.05) is 0 Å². The normalized spacial score (nSPS) is 22.5. The highest BCUT2D eigenvalue weighted by atomic mass is 19.4. The second kappa shape index (κ2) is 6.79. The second-order valence-corrected chi connectivity index (χ2v) is 5.52. The van der Waals surface area contributed by atoms with Crippen LogP contribution in [0.1, 0.15) is 26.7 Å². The van der Waals surface area contributed by atoms with Crippen molar-refractivity contribution in [1.82, 2.24) is 10.2 Å². The molecular formula is C13H16F6N2O2. The van der Waals surface area contributed by atoms with Gasteiger partial charge in [0.05, 0.1) is 0 Å². The maximum Gasteiger partial charge on any atom is 0.471 e. The number of carbonyl (C=O) groups is 2. The Morgan fingerprint density at radius 3 is 2.09 bits per heavy atom. The van der Waals surface area contributed by atoms with E-state index in [0.29, 0.717) is 10.5 Å². The summed E-state index contributed by atoms with van der Waals surface area (Å²) in [4.78, 5) is 23.3. The number of nitrogens with one attached hydrogen (secondary N) is 1. The molecule has 4 nitrogen and oxygen atoms in total. The summed E-state index contributed by atoms with van der Waals surface area (Å²) in [5.41, 5.74) is 0.456. The standard InChI is InChI=1S/C13H16F6N2O2/c1-7(2)5-10(22)21-6-8(20-11(23)13(17,18)19)3-4-9(21)12(14,15)16/h5,8-9H,3-4,6H2,1-2H3,(H,20,23)/t8-,9+/m0/s1. The molecule has 0 aromatic rings. The van der Waals surface area contributed by atoms with Crippen molar-refractivity contribution < 1.29 is 35.9 Å². The zero-order chi connectivity index (χ0) is 18.0. The number of piperidine rings is 1. The van der Waals surface area contributed by atoms with Gasteiger partial charge in [-0.15, -0.1) is 0 Å². The fourth-order valence-electron chi connectivity index (χ4n) is 2.27. The summed E-state index contributed by atoms with van der Waals surface area (Å²) in [6.45, 7) is 2.38. The maximum atomic E-state index is 13.0. The Morgan fingerprint density at radius 1 is 1.09 bits per heavy atom. The Bertz CT molecular complexity index is 494. The van der Waals surface area contributed by atoms with E-state index >= 15 is 0 Å². The van der Waals surface area contributed by atoms with E-state index in [9.17, 15) is 35.9 Å². The van der Waals surface area contributed by atoms with Gasteiger partial charge >= 0.3 is 18.3 Å². The molecule has 1 saturated heterocycles. The van der Waals surface area contributed by atoms with Gasteiger partial charge in [0.15, 0.2) is 0 Å². The smallest absolute Gasteiger partial charge is 0.344 e. The number of halogens is 6. The molecule has 0 unspecified atom stereocenters. The van der Waals surface area contributed by atoms with Crippen LogP contribution in [0.2, 0.25) is 0 Å². The summed E-state index contributed by atoms with van der Waals surface area (Å²) in [6, 6.07) is -3.26. The molecule has 1 aliphatic heterocycles. The van der Waals surface area contributed by atoms with E-state index in [1.165, 1.54) is 13.8 Å². The van der Waals surface area contributed by atoms with Gasteiger partial charge in [0.1, 0.15) is 6.04 Å². The monoisotopic (exact) mass is 346 g/mol. The number of allylic oxidation sites excluding steroid dienone is 1. The van der Waals surface area contributed by atoms with Gasteiger partial charge in [-0.05, 0) is 26.7 Å². The highest BCUT2D eigenvalue weighted by Crippen LogP contribution is 2.32. The predicted octanol–water partition coefficient (Wildman–Crippen LogP) is 2.55. The fraction of sp³-hybridized carbons (Fsp3) is 0.692. The lowest BCUT2D eigenvalue weighted by Crippen LogP contribution is -2.59. The van der Waals surface area contributed by atoms with Crippen LogP contribution in [-0.4, -0.2) is 47.7 Å². The summed E-state index contributed by atoms with van der Waals surface area (Å²) in [6.07, 6.45) is -9.72. The van der Waals surface area contributed by atoms with Crippen LogP contribution in [0.15, 0.2) is 11.6 Å². The van der Waals surface area contributed by atoms with Gasteiger partial charge in [-0.25, -0.2) is 0 Å². The first-order valence-electron chi connectivity index (χ1n) is 6.72. The quantitative estimate of drug-likeness (QED) is 0.617. The van der Waals surface area contributed by atoms with Crippen molar-refractivity contribution in [3.05, 3.63) is 11.6 Å². The highest BCUT2D eigenvalue weighted by Gasteiger charge is 2.49. The second-order valence-electron chi connectivity index (χ2n) is 5.52. The van der Waals surface area contributed by atoms with Crippen molar-refractivity contribution in [3.63, 3.8) is 0 Å². The molecule has 132 valence electrons. The molecule has 0 bridgehead atoms. The van der Waals surface area contributed by atoms with Crippen molar-refractivity contribution >= 4 is 11.8 Å². The summed E-state index contributed by atoms with van der Waals surface area (Å²) >= 11 is 0. The van der Waals surface area contributed by atoms with Gasteiger partial charge in [0.2, 0.25) is 5.91 Å². The van der Waals surface area contributed by atoms with E-state index in [2.05, 4.69) is 0 Å². The zero-order valence-corrected chi connectivity index (χ0v) is 12.4. The van der Waals surface area contributed by atoms with Gasteiger partial charge in [-0.3, -0.25) is 9.59 Å². The Balaban J connectivity index is 2.92. The van der Waals surface area contributed by atoms with Gasteiger partial charge in [0, 0.05) is 18.7 Å². The molecule has 1 fully saturated rings. The number of alkyl halides is 6. The lowest BCUT2D eigenvalue weighted by Gasteiger charge is -2.40. The number of rotatable bonds is 2. The van der Waals surface area contributed by atoms with Crippen molar-refractivity contribution in [1.29, 1.82) is 0 Å². The molecule has 1 rings (SSSR count). The number of amides is 2. The number of carbonyl (C=O) groups excluding carboxylic acids is 2. The molecule has 2 amide bonds. The minimum absolute atomic E-state index is 0.301. The molecule has 0 aliphatic carbocycles. The molecule has 0 saturated carbocycles. The van der Waals surface area contributed by atoms with Crippen molar-refractivity contribution in [2.24, 2.45) is 0 Å². The molecule has 10 heteroatoms. The van der Waals surface area contributed by atoms with Gasteiger partial charge in [-0.2, -0.15) is 26.3 Å². The molecule has 0 aromatic heterocycles. The lowest BCUT2D eigenvalue weighted by atomic mass is 9.97. The van der Waals surface area contributed by atoms with Crippen LogP contribution in [0.3, 0.4) is 0 Å². The highest BCUT2D eigenvalue weighted by molar-refractivity contribution is 5.88. The first kappa shape index (κ1) is 19.3. The number of hydrogen-bond acceptors (Lipinski definition) is 2. The van der Waals surface area contributed by atoms with Crippen LogP contribution in [0.5, 0.6) is 0 Å². The largest absolute Gasteiger partial charge is 0.471 e. The third-order valence-corrected chi connectivity index (χ3v) is 3.25. The molecule has 1 aliphatic rings. The Morgan fingerprint density at radius 2 is 1.65 bits per heavy atom. The molecule has 1 N–H and O–H groups in total. The molecule has 0 spiro atoms. The number of nitrogens with zero attached hydrogens (tertiary/aromatic N) is 1. The third-order valence-electron chi connectivity index (χ3n) is 3.25. The van der Waals surface area contributed by atoms with Crippen LogP contribution < -0.4 is 5.32 Å².